The maximum atomic E-state index is 14.3. The van der Waals surface area contributed by atoms with Crippen LogP contribution in [0.15, 0.2) is 0 Å². The van der Waals surface area contributed by atoms with Gasteiger partial charge < -0.3 is 10.6 Å². The number of amides is 1. The van der Waals surface area contributed by atoms with Crippen LogP contribution in [0.2, 0.25) is 0 Å². The van der Waals surface area contributed by atoms with Crippen molar-refractivity contribution in [2.45, 2.75) is 73.0 Å². The molecule has 0 saturated carbocycles. The Morgan fingerprint density at radius 3 is 1.24 bits per heavy atom. The van der Waals surface area contributed by atoms with Crippen LogP contribution in [0.5, 0.6) is 0 Å². The predicted octanol–water partition coefficient (Wildman–Crippen LogP) is 4.50. The largest absolute Gasteiger partial charge is 0.431 e. The number of nitrogens with zero attached hydrogens (tertiary/aromatic N) is 1. The third-order valence-corrected chi connectivity index (χ3v) is 6.66. The second-order valence-electron chi connectivity index (χ2n) is 8.36. The zero-order chi connectivity index (χ0) is 30.2. The zero-order valence-corrected chi connectivity index (χ0v) is 19.3. The third kappa shape index (κ3) is 8.17. The summed E-state index contributed by atoms with van der Waals surface area (Å²) in [6.07, 6.45) is -38.3. The van der Waals surface area contributed by atoms with Crippen molar-refractivity contribution >= 4 is 16.0 Å². The van der Waals surface area contributed by atoms with Gasteiger partial charge in [-0.15, -0.1) is 0 Å². The first-order valence-electron chi connectivity index (χ1n) is 9.48. The summed E-state index contributed by atoms with van der Waals surface area (Å²) in [4.78, 5) is 11.9. The van der Waals surface area contributed by atoms with E-state index in [1.807, 2.05) is 0 Å². The van der Waals surface area contributed by atoms with Crippen molar-refractivity contribution in [3.63, 3.8) is 0 Å². The molecule has 0 bridgehead atoms. The molecule has 0 aliphatic rings. The fourth-order valence-corrected chi connectivity index (χ4v) is 4.73. The molecule has 1 amide bonds. The van der Waals surface area contributed by atoms with Crippen LogP contribution in [0.1, 0.15) is 25.7 Å². The number of alkyl halides is 14. The molecule has 0 aliphatic carbocycles. The Kier molecular flexibility index (Phi) is 10.4. The Morgan fingerprint density at radius 2 is 1.05 bits per heavy atom. The monoisotopic (exact) mass is 602 g/mol. The molecule has 21 heteroatoms. The van der Waals surface area contributed by atoms with Gasteiger partial charge in [-0.25, -0.2) is 8.78 Å². The standard InChI is InChI=1S/C16H20F14N2O4S/c1-32(2)8(4-10(31)33)9(37(34,35)36)3-7(5-11(17,13(19,20)21)14(22,23)24)6-12(18,15(25,26)27)16(28,29)30/h7-9H,3-6H2,1-2H3,(H2,31,33)(H,34,35,36). The molecule has 0 aromatic carbocycles. The molecule has 0 radical (unpaired) electrons. The van der Waals surface area contributed by atoms with E-state index < -0.39 is 95.0 Å². The van der Waals surface area contributed by atoms with Crippen molar-refractivity contribution < 1.29 is 79.2 Å². The zero-order valence-electron chi connectivity index (χ0n) is 18.5. The SMILES string of the molecule is CN(C)C(CC(N)=O)C(CC(CC(F)(C(F)(F)F)C(F)(F)F)CC(F)(C(F)(F)F)C(F)(F)F)S(=O)(=O)O. The van der Waals surface area contributed by atoms with Crippen LogP contribution < -0.4 is 5.73 Å². The van der Waals surface area contributed by atoms with Crippen LogP contribution in [0.25, 0.3) is 0 Å². The van der Waals surface area contributed by atoms with Crippen LogP contribution >= 0.6 is 0 Å². The van der Waals surface area contributed by atoms with Crippen molar-refractivity contribution in [1.82, 2.24) is 4.90 Å². The van der Waals surface area contributed by atoms with E-state index in [2.05, 4.69) is 0 Å². The highest BCUT2D eigenvalue weighted by Crippen LogP contribution is 2.55. The van der Waals surface area contributed by atoms with E-state index in [1.165, 1.54) is 0 Å². The average Bonchev–Trinajstić information content (AvgIpc) is 2.58. The fraction of sp³-hybridized carbons (Fsp3) is 0.938. The molecule has 0 aromatic rings. The fourth-order valence-electron chi connectivity index (χ4n) is 3.48. The molecule has 0 fully saturated rings. The maximum absolute atomic E-state index is 14.3. The maximum Gasteiger partial charge on any atom is 0.431 e. The van der Waals surface area contributed by atoms with Crippen molar-refractivity contribution in [3.8, 4) is 0 Å². The highest BCUT2D eigenvalue weighted by Gasteiger charge is 2.76. The lowest BCUT2D eigenvalue weighted by molar-refractivity contribution is -0.356. The highest BCUT2D eigenvalue weighted by atomic mass is 32.2. The van der Waals surface area contributed by atoms with Crippen molar-refractivity contribution in [1.29, 1.82) is 0 Å². The number of nitrogens with two attached hydrogens (primary N) is 1. The summed E-state index contributed by atoms with van der Waals surface area (Å²) in [5.41, 5.74) is -8.26. The average molecular weight is 602 g/mol. The summed E-state index contributed by atoms with van der Waals surface area (Å²) >= 11 is 0. The molecule has 37 heavy (non-hydrogen) atoms. The number of hydrogen-bond acceptors (Lipinski definition) is 4. The molecule has 0 aromatic heterocycles. The van der Waals surface area contributed by atoms with Crippen LogP contribution in [0.3, 0.4) is 0 Å². The van der Waals surface area contributed by atoms with Gasteiger partial charge in [0.2, 0.25) is 5.91 Å². The number of halogens is 14. The quantitative estimate of drug-likeness (QED) is 0.268. The van der Waals surface area contributed by atoms with E-state index in [1.54, 1.807) is 0 Å². The molecule has 2 atom stereocenters. The Morgan fingerprint density at radius 1 is 0.757 bits per heavy atom. The molecule has 0 rings (SSSR count). The summed E-state index contributed by atoms with van der Waals surface area (Å²) < 4.78 is 218. The molecule has 0 spiro atoms. The lowest BCUT2D eigenvalue weighted by Crippen LogP contribution is -2.58. The summed E-state index contributed by atoms with van der Waals surface area (Å²) in [7, 11) is -4.08. The molecule has 3 N–H and O–H groups in total. The van der Waals surface area contributed by atoms with E-state index in [4.69, 9.17) is 5.73 Å². The van der Waals surface area contributed by atoms with E-state index >= 15 is 0 Å². The molecule has 0 aliphatic heterocycles. The van der Waals surface area contributed by atoms with Gasteiger partial charge >= 0.3 is 24.7 Å². The van der Waals surface area contributed by atoms with Gasteiger partial charge in [-0.1, -0.05) is 0 Å². The molecule has 0 heterocycles. The van der Waals surface area contributed by atoms with Gasteiger partial charge in [0.1, 0.15) is 5.25 Å². The third-order valence-electron chi connectivity index (χ3n) is 5.39. The lowest BCUT2D eigenvalue weighted by atomic mass is 9.79. The molecular formula is C16H20F14N2O4S. The first-order chi connectivity index (χ1) is 15.9. The molecule has 222 valence electrons. The second-order valence-corrected chi connectivity index (χ2v) is 9.99. The first kappa shape index (κ1) is 35.4. The summed E-state index contributed by atoms with van der Waals surface area (Å²) in [5.74, 6) is -5.09. The minimum absolute atomic E-state index is 0.632. The Balaban J connectivity index is 7.14. The smallest absolute Gasteiger partial charge is 0.370 e. The van der Waals surface area contributed by atoms with E-state index in [-0.39, 0.29) is 0 Å². The summed E-state index contributed by atoms with van der Waals surface area (Å²) in [6.45, 7) is 0. The van der Waals surface area contributed by atoms with Crippen molar-refractivity contribution in [3.05, 3.63) is 0 Å². The second kappa shape index (κ2) is 10.9. The van der Waals surface area contributed by atoms with E-state index in [9.17, 15) is 79.2 Å². The molecule has 0 saturated heterocycles. The summed E-state index contributed by atoms with van der Waals surface area (Å²) in [6, 6.07) is -2.08. The predicted molar refractivity (Wildman–Crippen MR) is 95.9 cm³/mol. The Labute approximate surface area is 199 Å². The first-order valence-corrected chi connectivity index (χ1v) is 11.0. The van der Waals surface area contributed by atoms with Gasteiger partial charge in [-0.2, -0.15) is 61.1 Å². The van der Waals surface area contributed by atoms with Crippen LogP contribution in [-0.2, 0) is 14.9 Å². The molecular weight excluding hydrogens is 582 g/mol. The van der Waals surface area contributed by atoms with Gasteiger partial charge in [0.05, 0.1) is 0 Å². The number of rotatable bonds is 11. The van der Waals surface area contributed by atoms with Crippen molar-refractivity contribution in [2.24, 2.45) is 11.7 Å². The van der Waals surface area contributed by atoms with E-state index in [0.29, 0.717) is 4.90 Å². The molecule has 2 unspecified atom stereocenters. The van der Waals surface area contributed by atoms with Gasteiger partial charge in [0, 0.05) is 25.3 Å². The number of hydrogen-bond donors (Lipinski definition) is 2. The summed E-state index contributed by atoms with van der Waals surface area (Å²) in [5, 5.41) is -2.92. The number of carbonyl (C=O) groups is 1. The number of carbonyl (C=O) groups excluding carboxylic acids is 1. The van der Waals surface area contributed by atoms with E-state index in [0.717, 1.165) is 14.1 Å². The lowest BCUT2D eigenvalue weighted by Gasteiger charge is -2.39. The van der Waals surface area contributed by atoms with Gasteiger partial charge in [-0.05, 0) is 26.4 Å². The van der Waals surface area contributed by atoms with Crippen LogP contribution in [-0.4, -0.2) is 85.2 Å². The van der Waals surface area contributed by atoms with Gasteiger partial charge in [0.25, 0.3) is 21.5 Å². The Bertz CT molecular complexity index is 827. The number of primary amides is 1. The normalized spacial score (nSPS) is 16.8. The topological polar surface area (TPSA) is 101 Å². The van der Waals surface area contributed by atoms with Gasteiger partial charge in [0.15, 0.2) is 0 Å². The minimum Gasteiger partial charge on any atom is -0.370 e. The van der Waals surface area contributed by atoms with Crippen LogP contribution in [0, 0.1) is 5.92 Å². The van der Waals surface area contributed by atoms with Crippen molar-refractivity contribution in [2.75, 3.05) is 14.1 Å². The highest BCUT2D eigenvalue weighted by molar-refractivity contribution is 7.86. The van der Waals surface area contributed by atoms with Gasteiger partial charge in [-0.3, -0.25) is 9.35 Å². The molecule has 6 nitrogen and oxygen atoms in total. The Hall–Kier alpha value is -1.64. The van der Waals surface area contributed by atoms with Crippen LogP contribution in [0.4, 0.5) is 61.5 Å². The minimum atomic E-state index is -7.03.